The van der Waals surface area contributed by atoms with Gasteiger partial charge in [-0.1, -0.05) is 12.5 Å². The lowest BCUT2D eigenvalue weighted by molar-refractivity contribution is -0.138. The van der Waals surface area contributed by atoms with Crippen molar-refractivity contribution >= 4 is 0 Å². The van der Waals surface area contributed by atoms with E-state index in [9.17, 15) is 22.7 Å². The van der Waals surface area contributed by atoms with Crippen molar-refractivity contribution in [3.05, 3.63) is 35.1 Å². The smallest absolute Gasteiger partial charge is 0.395 e. The summed E-state index contributed by atoms with van der Waals surface area (Å²) >= 11 is 0. The Morgan fingerprint density at radius 2 is 2.00 bits per heavy atom. The molecule has 1 aliphatic carbocycles. The van der Waals surface area contributed by atoms with Gasteiger partial charge in [0.1, 0.15) is 5.82 Å². The van der Waals surface area contributed by atoms with Crippen LogP contribution in [-0.2, 0) is 12.7 Å². The van der Waals surface area contributed by atoms with Gasteiger partial charge in [0.2, 0.25) is 0 Å². The van der Waals surface area contributed by atoms with Crippen molar-refractivity contribution in [3.63, 3.8) is 0 Å². The predicted molar refractivity (Wildman–Crippen MR) is 75.7 cm³/mol. The zero-order valence-electron chi connectivity index (χ0n) is 12.5. The van der Waals surface area contributed by atoms with Gasteiger partial charge in [-0.25, -0.2) is 4.39 Å². The fourth-order valence-corrected chi connectivity index (χ4v) is 2.69. The van der Waals surface area contributed by atoms with E-state index in [2.05, 4.69) is 0 Å². The number of halogens is 4. The maximum Gasteiger partial charge on any atom is 0.416 e. The van der Waals surface area contributed by atoms with Crippen LogP contribution in [0.1, 0.15) is 37.3 Å². The van der Waals surface area contributed by atoms with E-state index in [1.54, 1.807) is 6.92 Å². The Hall–Kier alpha value is -1.14. The Bertz CT molecular complexity index is 499. The second-order valence-corrected chi connectivity index (χ2v) is 6.06. The molecule has 0 saturated heterocycles. The van der Waals surface area contributed by atoms with Crippen LogP contribution < -0.4 is 0 Å². The molecule has 0 heterocycles. The first-order valence-electron chi connectivity index (χ1n) is 7.51. The molecule has 6 heteroatoms. The summed E-state index contributed by atoms with van der Waals surface area (Å²) in [5.41, 5.74) is -0.884. The predicted octanol–water partition coefficient (Wildman–Crippen LogP) is 3.83. The summed E-state index contributed by atoms with van der Waals surface area (Å²) in [6, 6.07) is 2.55. The molecule has 124 valence electrons. The molecule has 0 amide bonds. The first-order chi connectivity index (χ1) is 10.3. The van der Waals surface area contributed by atoms with Crippen LogP contribution in [0.25, 0.3) is 0 Å². The van der Waals surface area contributed by atoms with E-state index in [4.69, 9.17) is 0 Å². The zero-order chi connectivity index (χ0) is 16.3. The van der Waals surface area contributed by atoms with Gasteiger partial charge in [0.15, 0.2) is 0 Å². The summed E-state index contributed by atoms with van der Waals surface area (Å²) in [4.78, 5) is 1.85. The van der Waals surface area contributed by atoms with Crippen LogP contribution in [0, 0.1) is 11.7 Å². The maximum absolute atomic E-state index is 13.2. The Labute approximate surface area is 127 Å². The summed E-state index contributed by atoms with van der Waals surface area (Å²) in [7, 11) is 0. The van der Waals surface area contributed by atoms with Crippen LogP contribution in [0.5, 0.6) is 0 Å². The molecule has 2 nitrogen and oxygen atoms in total. The molecule has 1 atom stereocenters. The van der Waals surface area contributed by atoms with Gasteiger partial charge in [0, 0.05) is 19.1 Å². The number of hydrogen-bond donors (Lipinski definition) is 1. The van der Waals surface area contributed by atoms with E-state index >= 15 is 0 Å². The Balaban J connectivity index is 2.21. The summed E-state index contributed by atoms with van der Waals surface area (Å²) < 4.78 is 52.4. The van der Waals surface area contributed by atoms with Crippen molar-refractivity contribution in [2.45, 2.75) is 44.9 Å². The minimum absolute atomic E-state index is 0.0496. The van der Waals surface area contributed by atoms with Gasteiger partial charge in [-0.05, 0) is 43.4 Å². The molecule has 0 aliphatic heterocycles. The Kier molecular flexibility index (Phi) is 5.45. The largest absolute Gasteiger partial charge is 0.416 e. The standard InChI is InChI=1S/C16H21F4NO/c1-11(10-22)21(8-12-3-2-4-12)9-13-5-6-14(17)7-15(13)16(18,19)20/h5-7,11-12,22H,2-4,8-10H2,1H3/t11-/m1/s1. The highest BCUT2D eigenvalue weighted by atomic mass is 19.4. The average Bonchev–Trinajstić information content (AvgIpc) is 2.40. The lowest BCUT2D eigenvalue weighted by Gasteiger charge is -2.35. The molecule has 1 N–H and O–H groups in total. The zero-order valence-corrected chi connectivity index (χ0v) is 12.5. The second kappa shape index (κ2) is 6.96. The molecule has 0 bridgehead atoms. The summed E-state index contributed by atoms with van der Waals surface area (Å²) in [6.45, 7) is 2.40. The molecular formula is C16H21F4NO. The molecule has 1 fully saturated rings. The van der Waals surface area contributed by atoms with Crippen LogP contribution in [0.3, 0.4) is 0 Å². The van der Waals surface area contributed by atoms with Crippen molar-refractivity contribution in [3.8, 4) is 0 Å². The number of nitrogens with zero attached hydrogens (tertiary/aromatic N) is 1. The molecule has 1 aromatic carbocycles. The van der Waals surface area contributed by atoms with Gasteiger partial charge < -0.3 is 5.11 Å². The molecule has 0 spiro atoms. The van der Waals surface area contributed by atoms with E-state index in [-0.39, 0.29) is 24.8 Å². The monoisotopic (exact) mass is 319 g/mol. The van der Waals surface area contributed by atoms with Crippen LogP contribution >= 0.6 is 0 Å². The number of aliphatic hydroxyl groups excluding tert-OH is 1. The Morgan fingerprint density at radius 1 is 1.32 bits per heavy atom. The molecule has 2 rings (SSSR count). The van der Waals surface area contributed by atoms with Gasteiger partial charge in [-0.3, -0.25) is 4.90 Å². The summed E-state index contributed by atoms with van der Waals surface area (Å²) in [6.07, 6.45) is -1.28. The fraction of sp³-hybridized carbons (Fsp3) is 0.625. The van der Waals surface area contributed by atoms with Crippen LogP contribution in [0.15, 0.2) is 18.2 Å². The Morgan fingerprint density at radius 3 is 2.50 bits per heavy atom. The summed E-state index contributed by atoms with van der Waals surface area (Å²) in [5, 5.41) is 9.34. The maximum atomic E-state index is 13.2. The van der Waals surface area contributed by atoms with Gasteiger partial charge in [-0.2, -0.15) is 13.2 Å². The number of hydrogen-bond acceptors (Lipinski definition) is 2. The van der Waals surface area contributed by atoms with Gasteiger partial charge in [-0.15, -0.1) is 0 Å². The van der Waals surface area contributed by atoms with Crippen LogP contribution in [-0.4, -0.2) is 29.2 Å². The third kappa shape index (κ3) is 4.20. The molecule has 0 unspecified atom stereocenters. The van der Waals surface area contributed by atoms with E-state index in [1.807, 2.05) is 4.90 Å². The quantitative estimate of drug-likeness (QED) is 0.806. The van der Waals surface area contributed by atoms with Crippen molar-refractivity contribution in [2.75, 3.05) is 13.2 Å². The summed E-state index contributed by atoms with van der Waals surface area (Å²) in [5.74, 6) is -0.416. The molecule has 0 radical (unpaired) electrons. The molecule has 22 heavy (non-hydrogen) atoms. The van der Waals surface area contributed by atoms with Crippen molar-refractivity contribution in [2.24, 2.45) is 5.92 Å². The van der Waals surface area contributed by atoms with Gasteiger partial charge in [0.25, 0.3) is 0 Å². The molecular weight excluding hydrogens is 298 g/mol. The van der Waals surface area contributed by atoms with Crippen molar-refractivity contribution in [1.82, 2.24) is 4.90 Å². The minimum atomic E-state index is -4.58. The van der Waals surface area contributed by atoms with Crippen LogP contribution in [0.4, 0.5) is 17.6 Å². The molecule has 1 saturated carbocycles. The first-order valence-corrected chi connectivity index (χ1v) is 7.51. The second-order valence-electron chi connectivity index (χ2n) is 6.06. The van der Waals surface area contributed by atoms with Crippen LogP contribution in [0.2, 0.25) is 0 Å². The van der Waals surface area contributed by atoms with E-state index in [0.717, 1.165) is 25.3 Å². The lowest BCUT2D eigenvalue weighted by Crippen LogP contribution is -2.40. The number of alkyl halides is 3. The topological polar surface area (TPSA) is 23.5 Å². The normalized spacial score (nSPS) is 17.6. The first kappa shape index (κ1) is 17.2. The van der Waals surface area contributed by atoms with Gasteiger partial charge >= 0.3 is 6.18 Å². The fourth-order valence-electron chi connectivity index (χ4n) is 2.69. The van der Waals surface area contributed by atoms with Crippen molar-refractivity contribution in [1.29, 1.82) is 0 Å². The van der Waals surface area contributed by atoms with Crippen molar-refractivity contribution < 1.29 is 22.7 Å². The highest BCUT2D eigenvalue weighted by Crippen LogP contribution is 2.34. The van der Waals surface area contributed by atoms with E-state index < -0.39 is 17.6 Å². The number of benzene rings is 1. The SMILES string of the molecule is C[C@H](CO)N(Cc1ccc(F)cc1C(F)(F)F)CC1CCC1. The molecule has 0 aromatic heterocycles. The third-order valence-corrected chi connectivity index (χ3v) is 4.36. The van der Waals surface area contributed by atoms with E-state index in [0.29, 0.717) is 18.5 Å². The average molecular weight is 319 g/mol. The highest BCUT2D eigenvalue weighted by Gasteiger charge is 2.34. The third-order valence-electron chi connectivity index (χ3n) is 4.36. The minimum Gasteiger partial charge on any atom is -0.395 e. The van der Waals surface area contributed by atoms with Gasteiger partial charge in [0.05, 0.1) is 12.2 Å². The molecule has 1 aromatic rings. The molecule has 1 aliphatic rings. The number of rotatable bonds is 6. The van der Waals surface area contributed by atoms with E-state index in [1.165, 1.54) is 6.07 Å². The lowest BCUT2D eigenvalue weighted by atomic mass is 9.84. The number of aliphatic hydroxyl groups is 1. The highest BCUT2D eigenvalue weighted by molar-refractivity contribution is 5.30.